The van der Waals surface area contributed by atoms with Crippen molar-refractivity contribution in [2.45, 2.75) is 77.8 Å². The van der Waals surface area contributed by atoms with E-state index < -0.39 is 0 Å². The minimum absolute atomic E-state index is 0. The van der Waals surface area contributed by atoms with Gasteiger partial charge in [-0.05, 0) is 32.6 Å². The number of hydrogen-bond donors (Lipinski definition) is 0. The van der Waals surface area contributed by atoms with Crippen molar-refractivity contribution in [1.29, 1.82) is 0 Å². The van der Waals surface area contributed by atoms with Crippen molar-refractivity contribution in [3.8, 4) is 0 Å². The summed E-state index contributed by atoms with van der Waals surface area (Å²) in [6, 6.07) is 21.7. The molecule has 0 aromatic heterocycles. The molecule has 0 unspecified atom stereocenters. The Labute approximate surface area is 258 Å². The van der Waals surface area contributed by atoms with Crippen LogP contribution in [0.15, 0.2) is 83.3 Å². The predicted molar refractivity (Wildman–Crippen MR) is 157 cm³/mol. The molecule has 0 fully saturated rings. The normalized spacial score (nSPS) is 13.9. The molecule has 0 amide bonds. The molecule has 0 spiro atoms. The fraction of sp³-hybridized carbons (Fsp3) is 0.471. The Balaban J connectivity index is 0.00000560. The Kier molecular flexibility index (Phi) is 14.7. The fourth-order valence-electron chi connectivity index (χ4n) is 5.61. The largest absolute Gasteiger partial charge is 1.00 e. The average molecular weight is 660 g/mol. The van der Waals surface area contributed by atoms with Crippen LogP contribution in [0, 0.1) is 0 Å². The minimum atomic E-state index is -0.244. The molecule has 2 aromatic carbocycles. The third-order valence-electron chi connectivity index (χ3n) is 7.78. The van der Waals surface area contributed by atoms with Crippen LogP contribution in [0.3, 0.4) is 0 Å². The lowest BCUT2D eigenvalue weighted by Gasteiger charge is -2.35. The molecule has 2 aromatic rings. The van der Waals surface area contributed by atoms with E-state index in [1.807, 2.05) is 0 Å². The first kappa shape index (κ1) is 33.8. The number of quaternary nitrogens is 1. The van der Waals surface area contributed by atoms with E-state index in [0.29, 0.717) is 17.6 Å². The van der Waals surface area contributed by atoms with Gasteiger partial charge in [0.15, 0.2) is 0 Å². The van der Waals surface area contributed by atoms with Gasteiger partial charge in [0.2, 0.25) is 23.1 Å². The summed E-state index contributed by atoms with van der Waals surface area (Å²) in [7, 11) is 5.19. The van der Waals surface area contributed by atoms with Crippen LogP contribution in [0.1, 0.15) is 75.8 Å². The highest BCUT2D eigenvalue weighted by atomic mass is 127. The zero-order valence-electron chi connectivity index (χ0n) is 24.7. The van der Waals surface area contributed by atoms with E-state index in [2.05, 4.69) is 67.7 Å². The van der Waals surface area contributed by atoms with Gasteiger partial charge >= 0.3 is 0 Å². The molecular weight excluding hydrogens is 613 g/mol. The summed E-state index contributed by atoms with van der Waals surface area (Å²) in [5.41, 5.74) is 3.86. The molecule has 0 bridgehead atoms. The van der Waals surface area contributed by atoms with Crippen LogP contribution in [0.4, 0.5) is 0 Å². The SMILES string of the molecule is COC1=C(OC)C(=O)C(CCCCCCCCCC[N+](C)(Cc2ccccc2)Cc2ccccc2)=C(C)C1=O.[I-]. The van der Waals surface area contributed by atoms with Crippen LogP contribution in [-0.2, 0) is 32.2 Å². The van der Waals surface area contributed by atoms with Crippen LogP contribution >= 0.6 is 0 Å². The Hall–Kier alpha value is -2.45. The van der Waals surface area contributed by atoms with E-state index in [0.717, 1.165) is 36.8 Å². The summed E-state index contributed by atoms with van der Waals surface area (Å²) < 4.78 is 11.3. The molecule has 218 valence electrons. The number of ketones is 2. The number of allylic oxidation sites excluding steroid dienone is 2. The lowest BCUT2D eigenvalue weighted by atomic mass is 9.89. The van der Waals surface area contributed by atoms with E-state index in [-0.39, 0.29) is 47.1 Å². The summed E-state index contributed by atoms with van der Waals surface area (Å²) in [6.07, 6.45) is 9.93. The van der Waals surface area contributed by atoms with Crippen molar-refractivity contribution >= 4 is 11.6 Å². The molecule has 40 heavy (non-hydrogen) atoms. The van der Waals surface area contributed by atoms with Crippen molar-refractivity contribution < 1.29 is 47.5 Å². The Morgan fingerprint density at radius 1 is 0.625 bits per heavy atom. The standard InChI is InChI=1S/C34H46NO4.HI/c1-27-30(32(37)34(39-4)33(38-3)31(27)36)23-17-9-7-5-6-8-10-18-24-35(2,25-28-19-13-11-14-20-28)26-29-21-15-12-16-22-29;/h11-16,19-22H,5-10,17-18,23-26H2,1-4H3;1H/q+1;/p-1. The van der Waals surface area contributed by atoms with Gasteiger partial charge in [0.05, 0.1) is 27.8 Å². The number of benzene rings is 2. The minimum Gasteiger partial charge on any atom is -1.00 e. The first-order valence-electron chi connectivity index (χ1n) is 14.4. The highest BCUT2D eigenvalue weighted by molar-refractivity contribution is 6.23. The quantitative estimate of drug-likeness (QED) is 0.110. The van der Waals surface area contributed by atoms with E-state index in [1.165, 1.54) is 64.0 Å². The van der Waals surface area contributed by atoms with E-state index in [1.54, 1.807) is 6.92 Å². The number of halogens is 1. The van der Waals surface area contributed by atoms with Crippen molar-refractivity contribution in [2.75, 3.05) is 27.8 Å². The first-order valence-corrected chi connectivity index (χ1v) is 14.4. The molecule has 0 N–H and O–H groups in total. The van der Waals surface area contributed by atoms with Gasteiger partial charge in [-0.1, -0.05) is 92.8 Å². The van der Waals surface area contributed by atoms with Crippen LogP contribution in [0.2, 0.25) is 0 Å². The molecule has 5 nitrogen and oxygen atoms in total. The molecule has 0 atom stereocenters. The van der Waals surface area contributed by atoms with Gasteiger partial charge < -0.3 is 37.9 Å². The Morgan fingerprint density at radius 2 is 1.05 bits per heavy atom. The molecule has 3 rings (SSSR count). The van der Waals surface area contributed by atoms with Gasteiger partial charge in [0, 0.05) is 22.3 Å². The van der Waals surface area contributed by atoms with Crippen LogP contribution in [-0.4, -0.2) is 43.9 Å². The van der Waals surface area contributed by atoms with Crippen molar-refractivity contribution in [3.63, 3.8) is 0 Å². The van der Waals surface area contributed by atoms with Crippen molar-refractivity contribution in [1.82, 2.24) is 0 Å². The maximum absolute atomic E-state index is 12.7. The number of methoxy groups -OCH3 is 2. The van der Waals surface area contributed by atoms with Crippen LogP contribution in [0.5, 0.6) is 0 Å². The Morgan fingerprint density at radius 3 is 1.52 bits per heavy atom. The molecule has 0 saturated carbocycles. The zero-order chi connectivity index (χ0) is 28.1. The number of Topliss-reactive ketones (excluding diaryl/α,β-unsaturated/α-hetero) is 2. The van der Waals surface area contributed by atoms with Gasteiger partial charge in [-0.25, -0.2) is 0 Å². The van der Waals surface area contributed by atoms with Gasteiger partial charge in [-0.2, -0.15) is 0 Å². The summed E-state index contributed by atoms with van der Waals surface area (Å²) in [6.45, 7) is 4.99. The molecule has 1 aliphatic rings. The molecule has 0 heterocycles. The second-order valence-corrected chi connectivity index (χ2v) is 11.0. The first-order chi connectivity index (χ1) is 18.9. The second-order valence-electron chi connectivity index (χ2n) is 11.0. The van der Waals surface area contributed by atoms with Gasteiger partial charge in [0.1, 0.15) is 13.1 Å². The molecule has 6 heteroatoms. The average Bonchev–Trinajstić information content (AvgIpc) is 2.94. The summed E-state index contributed by atoms with van der Waals surface area (Å²) >= 11 is 0. The highest BCUT2D eigenvalue weighted by Gasteiger charge is 2.34. The summed E-state index contributed by atoms with van der Waals surface area (Å²) in [4.78, 5) is 25.3. The van der Waals surface area contributed by atoms with Crippen LogP contribution in [0.25, 0.3) is 0 Å². The van der Waals surface area contributed by atoms with Gasteiger partial charge in [-0.15, -0.1) is 0 Å². The zero-order valence-corrected chi connectivity index (χ0v) is 26.9. The molecule has 0 radical (unpaired) electrons. The van der Waals surface area contributed by atoms with E-state index >= 15 is 0 Å². The van der Waals surface area contributed by atoms with E-state index in [4.69, 9.17) is 9.47 Å². The lowest BCUT2D eigenvalue weighted by molar-refractivity contribution is -0.935. The third kappa shape index (κ3) is 9.88. The maximum Gasteiger partial charge on any atom is 0.228 e. The predicted octanol–water partition coefficient (Wildman–Crippen LogP) is 4.32. The topological polar surface area (TPSA) is 52.6 Å². The molecule has 1 aliphatic carbocycles. The van der Waals surface area contributed by atoms with Gasteiger partial charge in [0.25, 0.3) is 0 Å². The number of carbonyl (C=O) groups excluding carboxylic acids is 2. The number of nitrogens with zero attached hydrogens (tertiary/aromatic N) is 1. The van der Waals surface area contributed by atoms with Crippen molar-refractivity contribution in [2.24, 2.45) is 0 Å². The van der Waals surface area contributed by atoms with Crippen molar-refractivity contribution in [3.05, 3.63) is 94.5 Å². The molecule has 0 saturated heterocycles. The van der Waals surface area contributed by atoms with Crippen LogP contribution < -0.4 is 24.0 Å². The third-order valence-corrected chi connectivity index (χ3v) is 7.78. The molecule has 0 aliphatic heterocycles. The number of rotatable bonds is 17. The summed E-state index contributed by atoms with van der Waals surface area (Å²) in [5.74, 6) is -0.407. The monoisotopic (exact) mass is 659 g/mol. The summed E-state index contributed by atoms with van der Waals surface area (Å²) in [5, 5.41) is 0. The Bertz CT molecular complexity index is 1100. The number of carbonyl (C=O) groups is 2. The maximum atomic E-state index is 12.7. The highest BCUT2D eigenvalue weighted by Crippen LogP contribution is 2.29. The van der Waals surface area contributed by atoms with E-state index in [9.17, 15) is 9.59 Å². The smallest absolute Gasteiger partial charge is 0.228 e. The lowest BCUT2D eigenvalue weighted by Crippen LogP contribution is -3.00. The second kappa shape index (κ2) is 17.4. The molecular formula is C34H46INO4. The number of unbranched alkanes of at least 4 members (excludes halogenated alkanes) is 7. The number of hydrogen-bond acceptors (Lipinski definition) is 4. The fourth-order valence-corrected chi connectivity index (χ4v) is 5.61. The number of ether oxygens (including phenoxy) is 2. The van der Waals surface area contributed by atoms with Gasteiger partial charge in [-0.3, -0.25) is 9.59 Å².